The molecule has 2 nitrogen and oxygen atoms in total. The molecule has 0 heterocycles. The lowest BCUT2D eigenvalue weighted by molar-refractivity contribution is 0.101. The molecule has 2 aromatic carbocycles. The molecule has 0 aliphatic carbocycles. The summed E-state index contributed by atoms with van der Waals surface area (Å²) in [7, 11) is 0. The van der Waals surface area contributed by atoms with E-state index >= 15 is 0 Å². The summed E-state index contributed by atoms with van der Waals surface area (Å²) in [6, 6.07) is 17.0. The third-order valence-electron chi connectivity index (χ3n) is 3.17. The Labute approximate surface area is 119 Å². The Balaban J connectivity index is 1.95. The van der Waals surface area contributed by atoms with Crippen LogP contribution in [0.1, 0.15) is 40.9 Å². The number of hydrogen-bond acceptors (Lipinski definition) is 2. The van der Waals surface area contributed by atoms with Gasteiger partial charge >= 0.3 is 0 Å². The van der Waals surface area contributed by atoms with Crippen molar-refractivity contribution in [1.29, 1.82) is 0 Å². The van der Waals surface area contributed by atoms with E-state index in [0.29, 0.717) is 12.0 Å². The maximum absolute atomic E-state index is 11.2. The second kappa shape index (κ2) is 6.83. The largest absolute Gasteiger partial charge is 0.388 e. The molecule has 0 saturated carbocycles. The highest BCUT2D eigenvalue weighted by Crippen LogP contribution is 2.17. The predicted molar refractivity (Wildman–Crippen MR) is 81.5 cm³/mol. The van der Waals surface area contributed by atoms with Crippen LogP contribution in [-0.4, -0.2) is 10.9 Å². The van der Waals surface area contributed by atoms with Gasteiger partial charge in [-0.3, -0.25) is 4.79 Å². The highest BCUT2D eigenvalue weighted by atomic mass is 16.3. The van der Waals surface area contributed by atoms with Gasteiger partial charge in [-0.2, -0.15) is 0 Å². The zero-order valence-corrected chi connectivity index (χ0v) is 11.5. The van der Waals surface area contributed by atoms with Gasteiger partial charge in [0.2, 0.25) is 0 Å². The topological polar surface area (TPSA) is 37.3 Å². The van der Waals surface area contributed by atoms with Gasteiger partial charge in [0, 0.05) is 5.56 Å². The van der Waals surface area contributed by atoms with Crippen molar-refractivity contribution < 1.29 is 9.90 Å². The third kappa shape index (κ3) is 3.90. The molecule has 0 fully saturated rings. The van der Waals surface area contributed by atoms with Crippen molar-refractivity contribution in [2.75, 3.05) is 0 Å². The lowest BCUT2D eigenvalue weighted by Gasteiger charge is -2.07. The first-order valence-corrected chi connectivity index (χ1v) is 6.67. The summed E-state index contributed by atoms with van der Waals surface area (Å²) < 4.78 is 0. The van der Waals surface area contributed by atoms with Gasteiger partial charge < -0.3 is 5.11 Å². The SMILES string of the molecule is CC(=O)c1ccc(/C=C/CC(O)c2ccccc2)cc1. The first-order chi connectivity index (χ1) is 9.66. The van der Waals surface area contributed by atoms with Crippen LogP contribution < -0.4 is 0 Å². The van der Waals surface area contributed by atoms with Gasteiger partial charge in [0.25, 0.3) is 0 Å². The Hall–Kier alpha value is -2.19. The van der Waals surface area contributed by atoms with Crippen molar-refractivity contribution in [3.8, 4) is 0 Å². The van der Waals surface area contributed by atoms with Crippen molar-refractivity contribution in [3.05, 3.63) is 77.4 Å². The molecular weight excluding hydrogens is 248 g/mol. The first kappa shape index (κ1) is 14.2. The maximum atomic E-state index is 11.2. The molecule has 0 saturated heterocycles. The van der Waals surface area contributed by atoms with Crippen molar-refractivity contribution in [2.24, 2.45) is 0 Å². The number of ketones is 1. The van der Waals surface area contributed by atoms with Gasteiger partial charge in [-0.05, 0) is 24.5 Å². The Kier molecular flexibility index (Phi) is 4.85. The average Bonchev–Trinajstić information content (AvgIpc) is 2.48. The number of rotatable bonds is 5. The Morgan fingerprint density at radius 3 is 2.35 bits per heavy atom. The summed E-state index contributed by atoms with van der Waals surface area (Å²) in [5, 5.41) is 10.0. The third-order valence-corrected chi connectivity index (χ3v) is 3.17. The van der Waals surface area contributed by atoms with Crippen LogP contribution in [0.5, 0.6) is 0 Å². The second-order valence-electron chi connectivity index (χ2n) is 4.74. The first-order valence-electron chi connectivity index (χ1n) is 6.67. The van der Waals surface area contributed by atoms with Gasteiger partial charge in [-0.1, -0.05) is 66.7 Å². The summed E-state index contributed by atoms with van der Waals surface area (Å²) in [5.41, 5.74) is 2.66. The molecule has 0 aromatic heterocycles. The lowest BCUT2D eigenvalue weighted by atomic mass is 10.1. The molecular formula is C18H18O2. The van der Waals surface area contributed by atoms with Crippen molar-refractivity contribution in [1.82, 2.24) is 0 Å². The molecule has 2 aromatic rings. The predicted octanol–water partition coefficient (Wildman–Crippen LogP) is 4.03. The van der Waals surface area contributed by atoms with E-state index in [-0.39, 0.29) is 5.78 Å². The van der Waals surface area contributed by atoms with Gasteiger partial charge in [0.15, 0.2) is 5.78 Å². The van der Waals surface area contributed by atoms with Crippen LogP contribution in [0, 0.1) is 0 Å². The standard InChI is InChI=1S/C18H18O2/c1-14(19)16-12-10-15(11-13-16)6-5-9-18(20)17-7-3-2-4-8-17/h2-8,10-13,18,20H,9H2,1H3/b6-5+. The van der Waals surface area contributed by atoms with Crippen LogP contribution >= 0.6 is 0 Å². The van der Waals surface area contributed by atoms with Crippen LogP contribution in [0.25, 0.3) is 6.08 Å². The molecule has 0 aliphatic rings. The van der Waals surface area contributed by atoms with E-state index < -0.39 is 6.10 Å². The fraction of sp³-hybridized carbons (Fsp3) is 0.167. The monoisotopic (exact) mass is 266 g/mol. The molecule has 0 spiro atoms. The minimum atomic E-state index is -0.482. The maximum Gasteiger partial charge on any atom is 0.159 e. The molecule has 1 unspecified atom stereocenters. The smallest absolute Gasteiger partial charge is 0.159 e. The van der Waals surface area contributed by atoms with Crippen LogP contribution in [0.4, 0.5) is 0 Å². The number of aliphatic hydroxyl groups excluding tert-OH is 1. The Morgan fingerprint density at radius 2 is 1.75 bits per heavy atom. The van der Waals surface area contributed by atoms with Crippen LogP contribution in [0.3, 0.4) is 0 Å². The minimum Gasteiger partial charge on any atom is -0.388 e. The molecule has 0 amide bonds. The van der Waals surface area contributed by atoms with Crippen molar-refractivity contribution >= 4 is 11.9 Å². The molecule has 1 atom stereocenters. The zero-order valence-electron chi connectivity index (χ0n) is 11.5. The minimum absolute atomic E-state index is 0.0695. The summed E-state index contributed by atoms with van der Waals surface area (Å²) in [4.78, 5) is 11.2. The molecule has 0 bridgehead atoms. The van der Waals surface area contributed by atoms with E-state index in [0.717, 1.165) is 11.1 Å². The zero-order chi connectivity index (χ0) is 14.4. The molecule has 2 heteroatoms. The summed E-state index contributed by atoms with van der Waals surface area (Å²) in [6.45, 7) is 1.56. The number of carbonyl (C=O) groups is 1. The highest BCUT2D eigenvalue weighted by molar-refractivity contribution is 5.94. The van der Waals surface area contributed by atoms with Crippen molar-refractivity contribution in [2.45, 2.75) is 19.4 Å². The van der Waals surface area contributed by atoms with E-state index in [9.17, 15) is 9.90 Å². The molecule has 20 heavy (non-hydrogen) atoms. The number of carbonyl (C=O) groups excluding carboxylic acids is 1. The van der Waals surface area contributed by atoms with E-state index in [1.807, 2.05) is 66.7 Å². The summed E-state index contributed by atoms with van der Waals surface area (Å²) in [5.74, 6) is 0.0695. The number of aliphatic hydroxyl groups is 1. The van der Waals surface area contributed by atoms with Crippen LogP contribution in [0.2, 0.25) is 0 Å². The van der Waals surface area contributed by atoms with Gasteiger partial charge in [0.05, 0.1) is 6.10 Å². The Bertz CT molecular complexity index is 583. The van der Waals surface area contributed by atoms with Gasteiger partial charge in [-0.25, -0.2) is 0 Å². The lowest BCUT2D eigenvalue weighted by Crippen LogP contribution is -1.94. The van der Waals surface area contributed by atoms with Gasteiger partial charge in [0.1, 0.15) is 0 Å². The molecule has 1 N–H and O–H groups in total. The molecule has 0 radical (unpaired) electrons. The van der Waals surface area contributed by atoms with E-state index in [2.05, 4.69) is 0 Å². The van der Waals surface area contributed by atoms with Crippen LogP contribution in [0.15, 0.2) is 60.7 Å². The fourth-order valence-corrected chi connectivity index (χ4v) is 1.97. The number of hydrogen-bond donors (Lipinski definition) is 1. The Morgan fingerprint density at radius 1 is 1.10 bits per heavy atom. The molecule has 102 valence electrons. The average molecular weight is 266 g/mol. The van der Waals surface area contributed by atoms with E-state index in [1.165, 1.54) is 0 Å². The fourth-order valence-electron chi connectivity index (χ4n) is 1.97. The van der Waals surface area contributed by atoms with E-state index in [4.69, 9.17) is 0 Å². The summed E-state index contributed by atoms with van der Waals surface area (Å²) >= 11 is 0. The molecule has 2 rings (SSSR count). The second-order valence-corrected chi connectivity index (χ2v) is 4.74. The molecule has 0 aliphatic heterocycles. The summed E-state index contributed by atoms with van der Waals surface area (Å²) in [6.07, 6.45) is 3.98. The quantitative estimate of drug-likeness (QED) is 0.830. The van der Waals surface area contributed by atoms with Crippen molar-refractivity contribution in [3.63, 3.8) is 0 Å². The van der Waals surface area contributed by atoms with Crippen LogP contribution in [-0.2, 0) is 0 Å². The van der Waals surface area contributed by atoms with E-state index in [1.54, 1.807) is 6.92 Å². The number of Topliss-reactive ketones (excluding diaryl/α,β-unsaturated/α-hetero) is 1. The highest BCUT2D eigenvalue weighted by Gasteiger charge is 2.03. The van der Waals surface area contributed by atoms with Gasteiger partial charge in [-0.15, -0.1) is 0 Å². The normalized spacial score (nSPS) is 12.5. The number of benzene rings is 2.